The van der Waals surface area contributed by atoms with E-state index < -0.39 is 6.10 Å². The Bertz CT molecular complexity index is 966. The molecule has 0 bridgehead atoms. The number of benzene rings is 3. The molecule has 1 atom stereocenters. The van der Waals surface area contributed by atoms with Crippen LogP contribution in [0, 0.1) is 0 Å². The molecule has 0 aromatic heterocycles. The molecule has 28 heavy (non-hydrogen) atoms. The van der Waals surface area contributed by atoms with Crippen molar-refractivity contribution >= 4 is 28.3 Å². The molecule has 0 aliphatic heterocycles. The highest BCUT2D eigenvalue weighted by atomic mass is 16.5. The van der Waals surface area contributed by atoms with Crippen molar-refractivity contribution in [3.8, 4) is 5.75 Å². The molecule has 0 aliphatic rings. The average molecular weight is 377 g/mol. The van der Waals surface area contributed by atoms with Gasteiger partial charge in [0.2, 0.25) is 0 Å². The van der Waals surface area contributed by atoms with Gasteiger partial charge in [-0.2, -0.15) is 0 Å². The third-order valence-corrected chi connectivity index (χ3v) is 4.33. The van der Waals surface area contributed by atoms with Crippen LogP contribution >= 0.6 is 0 Å². The summed E-state index contributed by atoms with van der Waals surface area (Å²) in [4.78, 5) is 24.3. The van der Waals surface area contributed by atoms with E-state index in [9.17, 15) is 9.59 Å². The molecular formula is C23H23NO4. The fraction of sp³-hybridized carbons (Fsp3) is 0.217. The number of fused-ring (bicyclic) bond motifs is 1. The van der Waals surface area contributed by atoms with Crippen LogP contribution in [0.25, 0.3) is 10.8 Å². The first-order valence-electron chi connectivity index (χ1n) is 9.34. The molecule has 1 amide bonds. The van der Waals surface area contributed by atoms with Crippen molar-refractivity contribution in [2.24, 2.45) is 0 Å². The summed E-state index contributed by atoms with van der Waals surface area (Å²) in [6, 6.07) is 20.4. The van der Waals surface area contributed by atoms with E-state index in [4.69, 9.17) is 9.47 Å². The first kappa shape index (κ1) is 19.4. The number of rotatable bonds is 7. The van der Waals surface area contributed by atoms with Gasteiger partial charge in [0.1, 0.15) is 5.75 Å². The summed E-state index contributed by atoms with van der Waals surface area (Å²) in [5, 5.41) is 5.01. The van der Waals surface area contributed by atoms with Gasteiger partial charge >= 0.3 is 5.97 Å². The topological polar surface area (TPSA) is 64.6 Å². The van der Waals surface area contributed by atoms with E-state index in [1.165, 1.54) is 0 Å². The SMILES string of the molecule is CCOC(=O)c1ccc(NC(=O)C(CC)Oc2ccc3ccccc3c2)cc1. The Morgan fingerprint density at radius 1 is 0.929 bits per heavy atom. The fourth-order valence-electron chi connectivity index (χ4n) is 2.85. The molecule has 1 unspecified atom stereocenters. The van der Waals surface area contributed by atoms with Gasteiger partial charge in [-0.15, -0.1) is 0 Å². The van der Waals surface area contributed by atoms with Crippen LogP contribution in [0.2, 0.25) is 0 Å². The van der Waals surface area contributed by atoms with Gasteiger partial charge in [0.15, 0.2) is 6.10 Å². The lowest BCUT2D eigenvalue weighted by molar-refractivity contribution is -0.122. The smallest absolute Gasteiger partial charge is 0.338 e. The van der Waals surface area contributed by atoms with Gasteiger partial charge in [0.05, 0.1) is 12.2 Å². The van der Waals surface area contributed by atoms with Crippen LogP contribution < -0.4 is 10.1 Å². The minimum absolute atomic E-state index is 0.237. The summed E-state index contributed by atoms with van der Waals surface area (Å²) in [6.45, 7) is 3.98. The van der Waals surface area contributed by atoms with E-state index in [2.05, 4.69) is 5.32 Å². The van der Waals surface area contributed by atoms with E-state index in [1.54, 1.807) is 31.2 Å². The van der Waals surface area contributed by atoms with Gasteiger partial charge in [-0.05, 0) is 60.5 Å². The second-order valence-corrected chi connectivity index (χ2v) is 6.31. The van der Waals surface area contributed by atoms with Crippen LogP contribution in [0.15, 0.2) is 66.7 Å². The quantitative estimate of drug-likeness (QED) is 0.600. The molecule has 0 saturated carbocycles. The zero-order valence-corrected chi connectivity index (χ0v) is 16.0. The predicted octanol–water partition coefficient (Wildman–Crippen LogP) is 4.81. The van der Waals surface area contributed by atoms with Gasteiger partial charge in [-0.3, -0.25) is 4.79 Å². The molecule has 3 rings (SSSR count). The number of amides is 1. The number of nitrogens with one attached hydrogen (secondary N) is 1. The Labute approximate surface area is 164 Å². The molecule has 0 fully saturated rings. The Morgan fingerprint density at radius 2 is 1.64 bits per heavy atom. The maximum Gasteiger partial charge on any atom is 0.338 e. The van der Waals surface area contributed by atoms with Gasteiger partial charge in [-0.25, -0.2) is 4.79 Å². The van der Waals surface area contributed by atoms with Crippen molar-refractivity contribution in [3.63, 3.8) is 0 Å². The minimum atomic E-state index is -0.620. The largest absolute Gasteiger partial charge is 0.481 e. The van der Waals surface area contributed by atoms with Crippen molar-refractivity contribution in [2.45, 2.75) is 26.4 Å². The van der Waals surface area contributed by atoms with E-state index >= 15 is 0 Å². The molecule has 0 heterocycles. The maximum atomic E-state index is 12.6. The predicted molar refractivity (Wildman–Crippen MR) is 110 cm³/mol. The Morgan fingerprint density at radius 3 is 2.32 bits per heavy atom. The molecule has 3 aromatic carbocycles. The number of hydrogen-bond donors (Lipinski definition) is 1. The summed E-state index contributed by atoms with van der Waals surface area (Å²) in [5.74, 6) is 0.0318. The molecule has 5 heteroatoms. The maximum absolute atomic E-state index is 12.6. The Kier molecular flexibility index (Phi) is 6.27. The van der Waals surface area contributed by atoms with Crippen LogP contribution in [-0.2, 0) is 9.53 Å². The van der Waals surface area contributed by atoms with E-state index in [1.807, 2.05) is 49.4 Å². The molecule has 0 saturated heterocycles. The second-order valence-electron chi connectivity index (χ2n) is 6.31. The monoisotopic (exact) mass is 377 g/mol. The summed E-state index contributed by atoms with van der Waals surface area (Å²) < 4.78 is 10.9. The lowest BCUT2D eigenvalue weighted by atomic mass is 10.1. The standard InChI is InChI=1S/C23H23NO4/c1-3-21(28-20-14-11-16-7-5-6-8-18(16)15-20)22(25)24-19-12-9-17(10-13-19)23(26)27-4-2/h5-15,21H,3-4H2,1-2H3,(H,24,25). The number of carbonyl (C=O) groups is 2. The molecule has 5 nitrogen and oxygen atoms in total. The number of anilines is 1. The Balaban J connectivity index is 1.66. The first-order valence-corrected chi connectivity index (χ1v) is 9.34. The van der Waals surface area contributed by atoms with Crippen molar-refractivity contribution in [2.75, 3.05) is 11.9 Å². The molecule has 0 aliphatic carbocycles. The summed E-state index contributed by atoms with van der Waals surface area (Å²) in [6.07, 6.45) is -0.0922. The number of hydrogen-bond acceptors (Lipinski definition) is 4. The number of carbonyl (C=O) groups excluding carboxylic acids is 2. The highest BCUT2D eigenvalue weighted by molar-refractivity contribution is 5.95. The molecule has 3 aromatic rings. The highest BCUT2D eigenvalue weighted by Crippen LogP contribution is 2.22. The second kappa shape index (κ2) is 9.04. The molecule has 0 spiro atoms. The van der Waals surface area contributed by atoms with Gasteiger partial charge in [-0.1, -0.05) is 37.3 Å². The summed E-state index contributed by atoms with van der Waals surface area (Å²) in [5.41, 5.74) is 1.04. The van der Waals surface area contributed by atoms with Gasteiger partial charge in [0.25, 0.3) is 5.91 Å². The minimum Gasteiger partial charge on any atom is -0.481 e. The van der Waals surface area contributed by atoms with Crippen LogP contribution in [0.5, 0.6) is 5.75 Å². The highest BCUT2D eigenvalue weighted by Gasteiger charge is 2.19. The number of ether oxygens (including phenoxy) is 2. The number of esters is 1. The van der Waals surface area contributed by atoms with Crippen molar-refractivity contribution in [3.05, 3.63) is 72.3 Å². The van der Waals surface area contributed by atoms with Gasteiger partial charge < -0.3 is 14.8 Å². The third kappa shape index (κ3) is 4.68. The fourth-order valence-corrected chi connectivity index (χ4v) is 2.85. The molecular weight excluding hydrogens is 354 g/mol. The average Bonchev–Trinajstić information content (AvgIpc) is 2.72. The van der Waals surface area contributed by atoms with E-state index in [0.29, 0.717) is 30.0 Å². The zero-order valence-electron chi connectivity index (χ0n) is 16.0. The normalized spacial score (nSPS) is 11.6. The van der Waals surface area contributed by atoms with Crippen LogP contribution in [-0.4, -0.2) is 24.6 Å². The van der Waals surface area contributed by atoms with Crippen LogP contribution in [0.1, 0.15) is 30.6 Å². The van der Waals surface area contributed by atoms with Gasteiger partial charge in [0, 0.05) is 5.69 Å². The van der Waals surface area contributed by atoms with E-state index in [-0.39, 0.29) is 11.9 Å². The lowest BCUT2D eigenvalue weighted by Gasteiger charge is -2.18. The third-order valence-electron chi connectivity index (χ3n) is 4.33. The molecule has 144 valence electrons. The molecule has 0 radical (unpaired) electrons. The summed E-state index contributed by atoms with van der Waals surface area (Å²) >= 11 is 0. The lowest BCUT2D eigenvalue weighted by Crippen LogP contribution is -2.32. The van der Waals surface area contributed by atoms with Crippen molar-refractivity contribution in [1.29, 1.82) is 0 Å². The van der Waals surface area contributed by atoms with E-state index in [0.717, 1.165) is 10.8 Å². The molecule has 1 N–H and O–H groups in total. The van der Waals surface area contributed by atoms with Crippen LogP contribution in [0.4, 0.5) is 5.69 Å². The van der Waals surface area contributed by atoms with Crippen LogP contribution in [0.3, 0.4) is 0 Å². The summed E-state index contributed by atoms with van der Waals surface area (Å²) in [7, 11) is 0. The zero-order chi connectivity index (χ0) is 19.9. The van der Waals surface area contributed by atoms with Crippen molar-refractivity contribution in [1.82, 2.24) is 0 Å². The Hall–Kier alpha value is -3.34. The van der Waals surface area contributed by atoms with Crippen molar-refractivity contribution < 1.29 is 19.1 Å². The first-order chi connectivity index (χ1) is 13.6.